The first kappa shape index (κ1) is 22.9. The molecule has 3 aromatic carbocycles. The van der Waals surface area contributed by atoms with E-state index in [0.717, 1.165) is 16.7 Å². The predicted octanol–water partition coefficient (Wildman–Crippen LogP) is 6.81. The summed E-state index contributed by atoms with van der Waals surface area (Å²) in [6.07, 6.45) is 1.16. The molecule has 0 spiro atoms. The Morgan fingerprint density at radius 1 is 0.656 bits per heavy atom. The Morgan fingerprint density at radius 2 is 1.16 bits per heavy atom. The van der Waals surface area contributed by atoms with Crippen molar-refractivity contribution in [1.29, 1.82) is 0 Å². The van der Waals surface area contributed by atoms with Crippen molar-refractivity contribution in [2.75, 3.05) is 0 Å². The Morgan fingerprint density at radius 3 is 1.69 bits per heavy atom. The fourth-order valence-electron chi connectivity index (χ4n) is 3.68. The van der Waals surface area contributed by atoms with Crippen molar-refractivity contribution in [2.24, 2.45) is 10.2 Å². The second-order valence-corrected chi connectivity index (χ2v) is 7.58. The molecule has 0 bridgehead atoms. The van der Waals surface area contributed by atoms with Crippen LogP contribution in [0.25, 0.3) is 20.9 Å². The highest BCUT2D eigenvalue weighted by atomic mass is 16.5. The zero-order valence-corrected chi connectivity index (χ0v) is 17.8. The summed E-state index contributed by atoms with van der Waals surface area (Å²) in [7, 11) is 0. The highest BCUT2D eigenvalue weighted by Crippen LogP contribution is 2.22. The average Bonchev–Trinajstić information content (AvgIpc) is 2.83. The van der Waals surface area contributed by atoms with Gasteiger partial charge < -0.3 is 4.74 Å². The molecule has 0 aliphatic heterocycles. The molecule has 0 aromatic heterocycles. The summed E-state index contributed by atoms with van der Waals surface area (Å²) in [5, 5.41) is 8.10. The lowest BCUT2D eigenvalue weighted by atomic mass is 9.94. The minimum atomic E-state index is -0.432. The van der Waals surface area contributed by atoms with E-state index in [4.69, 9.17) is 10.3 Å². The Bertz CT molecular complexity index is 1030. The molecule has 0 N–H and O–H groups in total. The summed E-state index contributed by atoms with van der Waals surface area (Å²) >= 11 is 0. The number of hydrogen-bond donors (Lipinski definition) is 0. The van der Waals surface area contributed by atoms with Crippen LogP contribution in [0.2, 0.25) is 0 Å². The Labute approximate surface area is 187 Å². The van der Waals surface area contributed by atoms with E-state index in [1.54, 1.807) is 0 Å². The lowest BCUT2D eigenvalue weighted by Crippen LogP contribution is -2.33. The molecule has 7 nitrogen and oxygen atoms in total. The molecule has 0 saturated carbocycles. The molecule has 0 amide bonds. The number of nitrogens with zero attached hydrogens (tertiary/aromatic N) is 6. The molecule has 32 heavy (non-hydrogen) atoms. The van der Waals surface area contributed by atoms with Crippen LogP contribution in [-0.4, -0.2) is 18.2 Å². The van der Waals surface area contributed by atoms with E-state index < -0.39 is 12.1 Å². The van der Waals surface area contributed by atoms with Crippen molar-refractivity contribution in [2.45, 2.75) is 44.1 Å². The van der Waals surface area contributed by atoms with Gasteiger partial charge in [-0.1, -0.05) is 101 Å². The summed E-state index contributed by atoms with van der Waals surface area (Å²) < 4.78 is 6.28. The molecule has 3 aromatic rings. The molecule has 0 fully saturated rings. The Balaban J connectivity index is 1.82. The minimum Gasteiger partial charge on any atom is -0.373 e. The third-order valence-corrected chi connectivity index (χ3v) is 5.26. The average molecular weight is 427 g/mol. The molecule has 1 unspecified atom stereocenters. The van der Waals surface area contributed by atoms with E-state index >= 15 is 0 Å². The van der Waals surface area contributed by atoms with Crippen molar-refractivity contribution < 1.29 is 4.74 Å². The van der Waals surface area contributed by atoms with Gasteiger partial charge in [-0.05, 0) is 47.0 Å². The molecular weight excluding hydrogens is 400 g/mol. The van der Waals surface area contributed by atoms with Crippen LogP contribution in [0.4, 0.5) is 0 Å². The second-order valence-electron chi connectivity index (χ2n) is 7.58. The molecule has 3 atom stereocenters. The van der Waals surface area contributed by atoms with Gasteiger partial charge in [-0.2, -0.15) is 0 Å². The highest BCUT2D eigenvalue weighted by Gasteiger charge is 2.25. The van der Waals surface area contributed by atoms with Crippen LogP contribution >= 0.6 is 0 Å². The van der Waals surface area contributed by atoms with Crippen LogP contribution in [-0.2, 0) is 24.2 Å². The van der Waals surface area contributed by atoms with Crippen LogP contribution in [0.5, 0.6) is 0 Å². The summed E-state index contributed by atoms with van der Waals surface area (Å²) in [6, 6.07) is 28.9. The molecule has 162 valence electrons. The molecular formula is C25H26N6O. The maximum absolute atomic E-state index is 9.24. The maximum Gasteiger partial charge on any atom is 0.0720 e. The molecule has 3 rings (SSSR count). The maximum atomic E-state index is 9.24. The standard InChI is InChI=1S/C25H26N6O/c26-30-28-23(16-20-10-4-1-5-11-20)18-25(32-19-22-14-8-3-9-15-22)24(29-31-27)17-21-12-6-2-7-13-21/h1-15,23-25H,16-19H2/t23?,24-,25-/m0/s1. The largest absolute Gasteiger partial charge is 0.373 e. The van der Waals surface area contributed by atoms with Gasteiger partial charge in [-0.15, -0.1) is 0 Å². The number of azide groups is 2. The van der Waals surface area contributed by atoms with Gasteiger partial charge in [0.15, 0.2) is 0 Å². The van der Waals surface area contributed by atoms with Gasteiger partial charge in [-0.3, -0.25) is 0 Å². The summed E-state index contributed by atoms with van der Waals surface area (Å²) in [6.45, 7) is 0.381. The molecule has 0 saturated heterocycles. The normalized spacial score (nSPS) is 13.2. The lowest BCUT2D eigenvalue weighted by Gasteiger charge is -2.27. The number of rotatable bonds is 12. The van der Waals surface area contributed by atoms with Gasteiger partial charge >= 0.3 is 0 Å². The summed E-state index contributed by atoms with van der Waals surface area (Å²) in [5.41, 5.74) is 21.6. The number of benzene rings is 3. The monoisotopic (exact) mass is 426 g/mol. The van der Waals surface area contributed by atoms with Gasteiger partial charge in [-0.25, -0.2) is 0 Å². The molecule has 7 heteroatoms. The predicted molar refractivity (Wildman–Crippen MR) is 126 cm³/mol. The van der Waals surface area contributed by atoms with Crippen molar-refractivity contribution in [3.8, 4) is 0 Å². The lowest BCUT2D eigenvalue weighted by molar-refractivity contribution is 0.0141. The van der Waals surface area contributed by atoms with Gasteiger partial charge in [0.1, 0.15) is 0 Å². The molecule has 0 aliphatic carbocycles. The minimum absolute atomic E-state index is 0.324. The van der Waals surface area contributed by atoms with E-state index in [0.29, 0.717) is 25.9 Å². The Hall–Kier alpha value is -3.76. The van der Waals surface area contributed by atoms with E-state index in [2.05, 4.69) is 20.1 Å². The fraction of sp³-hybridized carbons (Fsp3) is 0.280. The van der Waals surface area contributed by atoms with Gasteiger partial charge in [0.25, 0.3) is 0 Å². The molecule has 0 aliphatic rings. The van der Waals surface area contributed by atoms with E-state index in [1.165, 1.54) is 0 Å². The van der Waals surface area contributed by atoms with E-state index in [-0.39, 0.29) is 6.04 Å². The van der Waals surface area contributed by atoms with Crippen molar-refractivity contribution in [1.82, 2.24) is 0 Å². The first-order valence-electron chi connectivity index (χ1n) is 10.6. The zero-order valence-electron chi connectivity index (χ0n) is 17.8. The molecule has 0 radical (unpaired) electrons. The van der Waals surface area contributed by atoms with Gasteiger partial charge in [0.2, 0.25) is 0 Å². The van der Waals surface area contributed by atoms with Crippen molar-refractivity contribution in [3.63, 3.8) is 0 Å². The summed E-state index contributed by atoms with van der Waals surface area (Å²) in [4.78, 5) is 6.15. The van der Waals surface area contributed by atoms with Crippen LogP contribution in [0.1, 0.15) is 23.1 Å². The third kappa shape index (κ3) is 7.49. The van der Waals surface area contributed by atoms with Crippen LogP contribution in [0.3, 0.4) is 0 Å². The fourth-order valence-corrected chi connectivity index (χ4v) is 3.68. The zero-order chi connectivity index (χ0) is 22.4. The second kappa shape index (κ2) is 12.8. The quantitative estimate of drug-likeness (QED) is 0.177. The smallest absolute Gasteiger partial charge is 0.0720 e. The topological polar surface area (TPSA) is 107 Å². The van der Waals surface area contributed by atoms with Crippen LogP contribution < -0.4 is 0 Å². The van der Waals surface area contributed by atoms with Crippen LogP contribution in [0.15, 0.2) is 101 Å². The number of hydrogen-bond acceptors (Lipinski definition) is 3. The first-order chi connectivity index (χ1) is 15.8. The Kier molecular flexibility index (Phi) is 9.18. The highest BCUT2D eigenvalue weighted by molar-refractivity contribution is 5.18. The van der Waals surface area contributed by atoms with Crippen molar-refractivity contribution in [3.05, 3.63) is 129 Å². The van der Waals surface area contributed by atoms with Gasteiger partial charge in [0, 0.05) is 15.9 Å². The van der Waals surface area contributed by atoms with Gasteiger partial charge in [0.05, 0.1) is 18.8 Å². The first-order valence-corrected chi connectivity index (χ1v) is 10.6. The van der Waals surface area contributed by atoms with E-state index in [1.807, 2.05) is 91.0 Å². The van der Waals surface area contributed by atoms with Crippen molar-refractivity contribution >= 4 is 0 Å². The molecule has 0 heterocycles. The van der Waals surface area contributed by atoms with Crippen LogP contribution in [0, 0.1) is 0 Å². The SMILES string of the molecule is [N-]=[N+]=NC(Cc1ccccc1)C[C@H](OCc1ccccc1)[C@H](Cc1ccccc1)N=[N+]=[N-]. The number of ether oxygens (including phenoxy) is 1. The third-order valence-electron chi connectivity index (χ3n) is 5.26. The van der Waals surface area contributed by atoms with E-state index in [9.17, 15) is 5.53 Å². The summed E-state index contributed by atoms with van der Waals surface area (Å²) in [5.74, 6) is 0.